The first-order valence-corrected chi connectivity index (χ1v) is 9.72. The maximum Gasteiger partial charge on any atom is 0.282 e. The number of hydrogen-bond donors (Lipinski definition) is 1. The van der Waals surface area contributed by atoms with E-state index in [0.717, 1.165) is 12.0 Å². The van der Waals surface area contributed by atoms with Crippen LogP contribution in [0.5, 0.6) is 5.75 Å². The lowest BCUT2D eigenvalue weighted by atomic mass is 10.0. The fourth-order valence-corrected chi connectivity index (χ4v) is 3.26. The molecule has 1 aliphatic heterocycles. The molecule has 0 unspecified atom stereocenters. The standard InChI is InChI=1S/C23H26N2O4/c1-4-15-29-19-11-7-17(8-12-19)20-21(24(3)13-14-26)23(28)25(22(20)27)18-9-5-16(2)6-10-18/h5-12,26H,4,13-15H2,1-3H3. The molecule has 1 aliphatic rings. The zero-order chi connectivity index (χ0) is 21.0. The van der Waals surface area contributed by atoms with E-state index < -0.39 is 5.91 Å². The minimum absolute atomic E-state index is 0.122. The van der Waals surface area contributed by atoms with Crippen LogP contribution in [-0.2, 0) is 9.59 Å². The van der Waals surface area contributed by atoms with Crippen LogP contribution in [0.4, 0.5) is 5.69 Å². The smallest absolute Gasteiger partial charge is 0.282 e. The minimum Gasteiger partial charge on any atom is -0.494 e. The van der Waals surface area contributed by atoms with Gasteiger partial charge in [0.2, 0.25) is 0 Å². The summed E-state index contributed by atoms with van der Waals surface area (Å²) in [6, 6.07) is 14.4. The Kier molecular flexibility index (Phi) is 6.34. The number of carbonyl (C=O) groups excluding carboxylic acids is 2. The average Bonchev–Trinajstić information content (AvgIpc) is 2.98. The van der Waals surface area contributed by atoms with Crippen LogP contribution in [0, 0.1) is 6.92 Å². The van der Waals surface area contributed by atoms with Gasteiger partial charge in [0, 0.05) is 13.6 Å². The maximum atomic E-state index is 13.3. The molecule has 3 rings (SSSR count). The van der Waals surface area contributed by atoms with Crippen molar-refractivity contribution in [1.82, 2.24) is 4.90 Å². The number of imide groups is 1. The first-order chi connectivity index (χ1) is 14.0. The topological polar surface area (TPSA) is 70.1 Å². The van der Waals surface area contributed by atoms with Crippen molar-refractivity contribution in [2.45, 2.75) is 20.3 Å². The third kappa shape index (κ3) is 4.17. The van der Waals surface area contributed by atoms with E-state index in [1.54, 1.807) is 48.3 Å². The maximum absolute atomic E-state index is 13.3. The van der Waals surface area contributed by atoms with Gasteiger partial charge in [0.1, 0.15) is 11.4 Å². The minimum atomic E-state index is -0.392. The lowest BCUT2D eigenvalue weighted by Crippen LogP contribution is -2.34. The molecule has 2 aromatic carbocycles. The van der Waals surface area contributed by atoms with Gasteiger partial charge in [-0.2, -0.15) is 0 Å². The molecule has 0 saturated carbocycles. The SMILES string of the molecule is CCCOc1ccc(C2=C(N(C)CCO)C(=O)N(c3ccc(C)cc3)C2=O)cc1. The van der Waals surface area contributed by atoms with Crippen LogP contribution in [-0.4, -0.2) is 48.6 Å². The van der Waals surface area contributed by atoms with Gasteiger partial charge in [-0.05, 0) is 43.2 Å². The van der Waals surface area contributed by atoms with E-state index in [0.29, 0.717) is 29.2 Å². The average molecular weight is 394 g/mol. The quantitative estimate of drug-likeness (QED) is 0.697. The van der Waals surface area contributed by atoms with Crippen LogP contribution in [0.2, 0.25) is 0 Å². The summed E-state index contributed by atoms with van der Waals surface area (Å²) in [6.45, 7) is 4.72. The van der Waals surface area contributed by atoms with Crippen LogP contribution in [0.25, 0.3) is 5.57 Å². The van der Waals surface area contributed by atoms with Gasteiger partial charge >= 0.3 is 0 Å². The number of carbonyl (C=O) groups is 2. The summed E-state index contributed by atoms with van der Waals surface area (Å²) in [5, 5.41) is 9.35. The number of amides is 2. The molecule has 0 radical (unpaired) electrons. The molecule has 152 valence electrons. The molecule has 2 amide bonds. The van der Waals surface area contributed by atoms with Crippen LogP contribution in [0.15, 0.2) is 54.2 Å². The Morgan fingerprint density at radius 3 is 2.24 bits per heavy atom. The summed E-state index contributed by atoms with van der Waals surface area (Å²) in [6.07, 6.45) is 0.904. The highest BCUT2D eigenvalue weighted by molar-refractivity contribution is 6.45. The van der Waals surface area contributed by atoms with E-state index in [4.69, 9.17) is 4.74 Å². The number of anilines is 1. The number of likely N-dealkylation sites (N-methyl/N-ethyl adjacent to an activating group) is 1. The Hall–Kier alpha value is -3.12. The molecule has 1 heterocycles. The molecule has 0 aromatic heterocycles. The molecule has 29 heavy (non-hydrogen) atoms. The molecule has 0 aliphatic carbocycles. The lowest BCUT2D eigenvalue weighted by Gasteiger charge is -2.20. The van der Waals surface area contributed by atoms with Crippen molar-refractivity contribution >= 4 is 23.1 Å². The van der Waals surface area contributed by atoms with E-state index in [1.165, 1.54) is 4.90 Å². The summed E-state index contributed by atoms with van der Waals surface area (Å²) in [5.74, 6) is -0.0504. The fraction of sp³-hybridized carbons (Fsp3) is 0.304. The highest BCUT2D eigenvalue weighted by Crippen LogP contribution is 2.34. The molecule has 0 fully saturated rings. The monoisotopic (exact) mass is 394 g/mol. The van der Waals surface area contributed by atoms with Gasteiger partial charge < -0.3 is 14.7 Å². The van der Waals surface area contributed by atoms with Gasteiger partial charge in [0.25, 0.3) is 11.8 Å². The van der Waals surface area contributed by atoms with Crippen molar-refractivity contribution in [3.8, 4) is 5.75 Å². The second-order valence-electron chi connectivity index (χ2n) is 7.02. The predicted octanol–water partition coefficient (Wildman–Crippen LogP) is 2.99. The van der Waals surface area contributed by atoms with Crippen molar-refractivity contribution < 1.29 is 19.4 Å². The van der Waals surface area contributed by atoms with Crippen LogP contribution in [0.1, 0.15) is 24.5 Å². The Bertz CT molecular complexity index is 917. The largest absolute Gasteiger partial charge is 0.494 e. The molecule has 6 nitrogen and oxygen atoms in total. The summed E-state index contributed by atoms with van der Waals surface area (Å²) >= 11 is 0. The summed E-state index contributed by atoms with van der Waals surface area (Å²) in [5.41, 5.74) is 2.82. The zero-order valence-electron chi connectivity index (χ0n) is 17.0. The van der Waals surface area contributed by atoms with Crippen LogP contribution < -0.4 is 9.64 Å². The molecule has 0 bridgehead atoms. The first-order valence-electron chi connectivity index (χ1n) is 9.72. The highest BCUT2D eigenvalue weighted by Gasteiger charge is 2.41. The van der Waals surface area contributed by atoms with E-state index in [-0.39, 0.29) is 24.8 Å². The Balaban J connectivity index is 2.02. The zero-order valence-corrected chi connectivity index (χ0v) is 17.0. The van der Waals surface area contributed by atoms with Gasteiger partial charge in [-0.3, -0.25) is 9.59 Å². The van der Waals surface area contributed by atoms with Crippen molar-refractivity contribution in [2.24, 2.45) is 0 Å². The van der Waals surface area contributed by atoms with Gasteiger partial charge in [0.15, 0.2) is 0 Å². The number of benzene rings is 2. The molecule has 1 N–H and O–H groups in total. The molecule has 2 aromatic rings. The molecule has 0 atom stereocenters. The summed E-state index contributed by atoms with van der Waals surface area (Å²) < 4.78 is 5.61. The number of ether oxygens (including phenoxy) is 1. The van der Waals surface area contributed by atoms with Crippen molar-refractivity contribution in [3.63, 3.8) is 0 Å². The van der Waals surface area contributed by atoms with Gasteiger partial charge in [0.05, 0.1) is 24.5 Å². The number of aliphatic hydroxyl groups excluding tert-OH is 1. The Morgan fingerprint density at radius 2 is 1.66 bits per heavy atom. The Morgan fingerprint density at radius 1 is 1.00 bits per heavy atom. The van der Waals surface area contributed by atoms with Crippen LogP contribution >= 0.6 is 0 Å². The van der Waals surface area contributed by atoms with E-state index in [2.05, 4.69) is 0 Å². The number of aliphatic hydroxyl groups is 1. The number of nitrogens with zero attached hydrogens (tertiary/aromatic N) is 2. The van der Waals surface area contributed by atoms with Crippen molar-refractivity contribution in [3.05, 3.63) is 65.4 Å². The number of rotatable bonds is 8. The molecule has 0 saturated heterocycles. The first kappa shape index (κ1) is 20.6. The summed E-state index contributed by atoms with van der Waals surface area (Å²) in [4.78, 5) is 29.3. The van der Waals surface area contributed by atoms with Crippen molar-refractivity contribution in [1.29, 1.82) is 0 Å². The van der Waals surface area contributed by atoms with Gasteiger partial charge in [-0.15, -0.1) is 0 Å². The highest BCUT2D eigenvalue weighted by atomic mass is 16.5. The second-order valence-corrected chi connectivity index (χ2v) is 7.02. The van der Waals surface area contributed by atoms with E-state index in [1.807, 2.05) is 26.0 Å². The third-order valence-corrected chi connectivity index (χ3v) is 4.78. The molecule has 6 heteroatoms. The van der Waals surface area contributed by atoms with E-state index >= 15 is 0 Å². The van der Waals surface area contributed by atoms with Crippen LogP contribution in [0.3, 0.4) is 0 Å². The number of hydrogen-bond acceptors (Lipinski definition) is 5. The molecular weight excluding hydrogens is 368 g/mol. The number of aryl methyl sites for hydroxylation is 1. The second kappa shape index (κ2) is 8.92. The van der Waals surface area contributed by atoms with Crippen molar-refractivity contribution in [2.75, 3.05) is 31.7 Å². The molecule has 0 spiro atoms. The summed E-state index contributed by atoms with van der Waals surface area (Å²) in [7, 11) is 1.70. The van der Waals surface area contributed by atoms with Gasteiger partial charge in [-0.1, -0.05) is 36.8 Å². The van der Waals surface area contributed by atoms with Gasteiger partial charge in [-0.25, -0.2) is 4.90 Å². The molecular formula is C23H26N2O4. The van der Waals surface area contributed by atoms with E-state index in [9.17, 15) is 14.7 Å². The third-order valence-electron chi connectivity index (χ3n) is 4.78. The normalized spacial score (nSPS) is 14.0. The predicted molar refractivity (Wildman–Crippen MR) is 113 cm³/mol. The Labute approximate surface area is 171 Å². The lowest BCUT2D eigenvalue weighted by molar-refractivity contribution is -0.120. The fourth-order valence-electron chi connectivity index (χ4n) is 3.26.